The Morgan fingerprint density at radius 3 is 1.09 bits per heavy atom. The summed E-state index contributed by atoms with van der Waals surface area (Å²) in [6, 6.07) is 0.146. The van der Waals surface area contributed by atoms with Gasteiger partial charge >= 0.3 is 6.03 Å². The van der Waals surface area contributed by atoms with Crippen molar-refractivity contribution in [3.63, 3.8) is 0 Å². The van der Waals surface area contributed by atoms with E-state index in [2.05, 4.69) is 38.2 Å². The van der Waals surface area contributed by atoms with E-state index in [1.54, 1.807) is 0 Å². The minimum Gasteiger partial charge on any atom is -0.338 e. The summed E-state index contributed by atoms with van der Waals surface area (Å²) in [4.78, 5) is 15.2. The number of quaternary nitrogens is 1. The fourth-order valence-electron chi connectivity index (χ4n) is 6.21. The van der Waals surface area contributed by atoms with Gasteiger partial charge < -0.3 is 14.7 Å². The molecule has 0 rings (SSSR count). The first-order valence-corrected chi connectivity index (χ1v) is 20.0. The van der Waals surface area contributed by atoms with Crippen LogP contribution in [0.3, 0.4) is 0 Å². The van der Waals surface area contributed by atoms with E-state index in [4.69, 9.17) is 7.85 Å². The van der Waals surface area contributed by atoms with E-state index >= 15 is 0 Å². The average molecular weight is 619 g/mol. The van der Waals surface area contributed by atoms with Gasteiger partial charge in [-0.25, -0.2) is 4.79 Å². The molecule has 0 aliphatic heterocycles. The van der Waals surface area contributed by atoms with Gasteiger partial charge in [0.1, 0.15) is 7.85 Å². The third-order valence-electron chi connectivity index (χ3n) is 9.56. The first-order chi connectivity index (χ1) is 21.5. The van der Waals surface area contributed by atoms with Crippen LogP contribution >= 0.6 is 0 Å². The normalized spacial score (nSPS) is 11.7. The van der Waals surface area contributed by atoms with Crippen molar-refractivity contribution >= 4 is 13.9 Å². The van der Waals surface area contributed by atoms with Crippen molar-refractivity contribution < 1.29 is 9.28 Å². The molecule has 44 heavy (non-hydrogen) atoms. The number of rotatable bonds is 35. The summed E-state index contributed by atoms with van der Waals surface area (Å²) in [7, 11) is 10.2. The van der Waals surface area contributed by atoms with E-state index in [-0.39, 0.29) is 6.03 Å². The molecule has 5 heteroatoms. The number of carbonyl (C=O) groups excluding carboxylic acids is 1. The topological polar surface area (TPSA) is 32.3 Å². The Hall–Kier alpha value is -0.705. The van der Waals surface area contributed by atoms with Crippen molar-refractivity contribution in [2.75, 3.05) is 46.7 Å². The van der Waals surface area contributed by atoms with Gasteiger partial charge in [-0.05, 0) is 12.8 Å². The van der Waals surface area contributed by atoms with Gasteiger partial charge in [-0.2, -0.15) is 0 Å². The number of nitrogens with one attached hydrogen (secondary N) is 1. The highest BCUT2D eigenvalue weighted by Crippen LogP contribution is 2.15. The lowest BCUT2D eigenvalue weighted by Crippen LogP contribution is -2.44. The molecule has 1 N–H and O–H groups in total. The van der Waals surface area contributed by atoms with Crippen LogP contribution in [-0.2, 0) is 0 Å². The van der Waals surface area contributed by atoms with Gasteiger partial charge in [0.05, 0.1) is 20.6 Å². The molecule has 0 aromatic carbocycles. The molecule has 0 aliphatic rings. The van der Waals surface area contributed by atoms with Crippen molar-refractivity contribution in [3.8, 4) is 0 Å². The third kappa shape index (κ3) is 31.3. The number of hydrogen-bond acceptors (Lipinski definition) is 1. The molecular weight excluding hydrogens is 537 g/mol. The van der Waals surface area contributed by atoms with E-state index in [0.717, 1.165) is 49.9 Å². The Morgan fingerprint density at radius 2 is 0.795 bits per heavy atom. The van der Waals surface area contributed by atoms with Crippen molar-refractivity contribution in [1.82, 2.24) is 10.2 Å². The lowest BCUT2D eigenvalue weighted by atomic mass is 10.0. The molecule has 0 spiro atoms. The fourth-order valence-corrected chi connectivity index (χ4v) is 6.21. The maximum absolute atomic E-state index is 13.1. The maximum atomic E-state index is 13.1. The van der Waals surface area contributed by atoms with Crippen LogP contribution in [-0.4, -0.2) is 70.0 Å². The number of hydrogen-bond donors (Lipinski definition) is 1. The summed E-state index contributed by atoms with van der Waals surface area (Å²) in [5.74, 6) is 0. The summed E-state index contributed by atoms with van der Waals surface area (Å²) in [5, 5.41) is 3.21. The third-order valence-corrected chi connectivity index (χ3v) is 9.56. The fraction of sp³-hybridized carbons (Fsp3) is 0.974. The largest absolute Gasteiger partial charge is 0.338 e. The monoisotopic (exact) mass is 619 g/mol. The van der Waals surface area contributed by atoms with Crippen molar-refractivity contribution in [2.45, 2.75) is 200 Å². The Kier molecular flexibility index (Phi) is 33.1. The van der Waals surface area contributed by atoms with Crippen LogP contribution < -0.4 is 5.32 Å². The van der Waals surface area contributed by atoms with E-state index in [1.165, 1.54) is 167 Å². The molecule has 2 amide bonds. The second kappa shape index (κ2) is 33.7. The molecule has 0 bridgehead atoms. The van der Waals surface area contributed by atoms with Crippen molar-refractivity contribution in [2.24, 2.45) is 0 Å². The second-order valence-corrected chi connectivity index (χ2v) is 14.6. The highest BCUT2D eigenvalue weighted by atomic mass is 16.2. The number of urea groups is 1. The van der Waals surface area contributed by atoms with Gasteiger partial charge in [-0.15, -0.1) is 0 Å². The zero-order valence-corrected chi connectivity index (χ0v) is 30.9. The standard InChI is InChI=1S/C39H80BN3O/c1-5-7-9-11-13-15-17-19-21-23-25-27-29-31-35-42(39(44)41-34-33-37-43(3,4)38-40)36-32-30-28-26-24-22-20-18-16-14-12-10-8-6-2/h5-38H2,1-4H3/p+1. The first-order valence-electron chi connectivity index (χ1n) is 20.0. The van der Waals surface area contributed by atoms with Crippen LogP contribution in [0, 0.1) is 0 Å². The molecule has 0 atom stereocenters. The Bertz CT molecular complexity index is 554. The highest BCUT2D eigenvalue weighted by molar-refractivity contribution is 6.08. The van der Waals surface area contributed by atoms with Crippen LogP contribution in [0.25, 0.3) is 0 Å². The van der Waals surface area contributed by atoms with Crippen molar-refractivity contribution in [1.29, 1.82) is 0 Å². The predicted octanol–water partition coefficient (Wildman–Crippen LogP) is 11.6. The Balaban J connectivity index is 4.05. The molecule has 0 fully saturated rings. The van der Waals surface area contributed by atoms with Gasteiger partial charge in [0.25, 0.3) is 0 Å². The number of carbonyl (C=O) groups is 1. The SMILES string of the molecule is [B]C[N+](C)(C)CCCNC(=O)N(CCCCCCCCCCCCCCCC)CCCCCCCCCCCCCCCC. The minimum atomic E-state index is 0.146. The summed E-state index contributed by atoms with van der Waals surface area (Å²) >= 11 is 0. The maximum Gasteiger partial charge on any atom is 0.317 e. The van der Waals surface area contributed by atoms with Crippen LogP contribution in [0.4, 0.5) is 4.79 Å². The molecule has 2 radical (unpaired) electrons. The van der Waals surface area contributed by atoms with E-state index in [0.29, 0.717) is 6.44 Å². The van der Waals surface area contributed by atoms with Crippen LogP contribution in [0.5, 0.6) is 0 Å². The highest BCUT2D eigenvalue weighted by Gasteiger charge is 2.14. The summed E-state index contributed by atoms with van der Waals surface area (Å²) in [5.41, 5.74) is 0. The molecule has 0 aromatic heterocycles. The Morgan fingerprint density at radius 1 is 0.500 bits per heavy atom. The molecule has 260 valence electrons. The van der Waals surface area contributed by atoms with Gasteiger partial charge in [0.2, 0.25) is 0 Å². The summed E-state index contributed by atoms with van der Waals surface area (Å²) in [6.07, 6.45) is 40.0. The van der Waals surface area contributed by atoms with E-state index in [9.17, 15) is 4.79 Å². The molecule has 4 nitrogen and oxygen atoms in total. The predicted molar refractivity (Wildman–Crippen MR) is 198 cm³/mol. The first kappa shape index (κ1) is 43.3. The second-order valence-electron chi connectivity index (χ2n) is 14.6. The smallest absolute Gasteiger partial charge is 0.317 e. The molecule has 0 heterocycles. The van der Waals surface area contributed by atoms with Crippen molar-refractivity contribution in [3.05, 3.63) is 0 Å². The minimum absolute atomic E-state index is 0.146. The summed E-state index contributed by atoms with van der Waals surface area (Å²) < 4.78 is 0.803. The number of nitrogens with zero attached hydrogens (tertiary/aromatic N) is 2. The lowest BCUT2D eigenvalue weighted by Gasteiger charge is -2.29. The molecule has 0 unspecified atom stereocenters. The van der Waals surface area contributed by atoms with Gasteiger partial charge in [-0.3, -0.25) is 0 Å². The van der Waals surface area contributed by atoms with Gasteiger partial charge in [0, 0.05) is 32.5 Å². The zero-order chi connectivity index (χ0) is 32.4. The molecule has 0 aromatic rings. The van der Waals surface area contributed by atoms with Crippen LogP contribution in [0.1, 0.15) is 200 Å². The van der Waals surface area contributed by atoms with E-state index in [1.807, 2.05) is 0 Å². The zero-order valence-electron chi connectivity index (χ0n) is 30.9. The average Bonchev–Trinajstić information content (AvgIpc) is 3.02. The molecule has 0 aliphatic carbocycles. The number of unbranched alkanes of at least 4 members (excludes halogenated alkanes) is 26. The van der Waals surface area contributed by atoms with Gasteiger partial charge in [0.15, 0.2) is 0 Å². The van der Waals surface area contributed by atoms with Crippen LogP contribution in [0.15, 0.2) is 0 Å². The molecule has 0 saturated carbocycles. The van der Waals surface area contributed by atoms with Crippen LogP contribution in [0.2, 0.25) is 0 Å². The molecule has 0 saturated heterocycles. The molecular formula is C39H81BN3O+. The lowest BCUT2D eigenvalue weighted by molar-refractivity contribution is -0.879. The number of amides is 2. The Labute approximate surface area is 279 Å². The van der Waals surface area contributed by atoms with Gasteiger partial charge in [-0.1, -0.05) is 181 Å². The summed E-state index contributed by atoms with van der Waals surface area (Å²) in [6.45, 7) is 8.14. The van der Waals surface area contributed by atoms with E-state index < -0.39 is 0 Å². The quantitative estimate of drug-likeness (QED) is 0.0428.